The Labute approximate surface area is 219 Å². The molecule has 0 rings (SSSR count). The maximum absolute atomic E-state index is 11.6. The number of rotatable bonds is 28. The summed E-state index contributed by atoms with van der Waals surface area (Å²) in [4.78, 5) is 23.1. The van der Waals surface area contributed by atoms with E-state index in [0.717, 1.165) is 25.7 Å². The standard InChI is InChI=1S/C27H53NO8/c1-24(2)9-10-27(30)28-11-5-6-12-31-14-16-33-18-20-35-22-23-36-21-19-34-17-15-32-13-7-8-26(29)25(3)4/h24-25H,5-23H2,1-4H3,(H,28,30). The lowest BCUT2D eigenvalue weighted by Crippen LogP contribution is -2.24. The lowest BCUT2D eigenvalue weighted by molar-refractivity contribution is -0.122. The van der Waals surface area contributed by atoms with Crippen LogP contribution in [0.15, 0.2) is 0 Å². The lowest BCUT2D eigenvalue weighted by atomic mass is 10.1. The first-order valence-electron chi connectivity index (χ1n) is 13.7. The molecule has 0 aliphatic heterocycles. The van der Waals surface area contributed by atoms with Crippen molar-refractivity contribution >= 4 is 11.7 Å². The molecular formula is C27H53NO8. The van der Waals surface area contributed by atoms with Crippen molar-refractivity contribution in [3.63, 3.8) is 0 Å². The first-order chi connectivity index (χ1) is 17.4. The second-order valence-electron chi connectivity index (χ2n) is 9.39. The van der Waals surface area contributed by atoms with Gasteiger partial charge in [-0.25, -0.2) is 0 Å². The van der Waals surface area contributed by atoms with Crippen LogP contribution in [-0.4, -0.2) is 97.5 Å². The molecule has 9 heteroatoms. The predicted octanol–water partition coefficient (Wildman–Crippen LogP) is 3.42. The van der Waals surface area contributed by atoms with Crippen LogP contribution in [0, 0.1) is 11.8 Å². The molecule has 0 fully saturated rings. The van der Waals surface area contributed by atoms with Gasteiger partial charge < -0.3 is 33.7 Å². The molecular weight excluding hydrogens is 466 g/mol. The average molecular weight is 520 g/mol. The van der Waals surface area contributed by atoms with Crippen molar-refractivity contribution in [1.82, 2.24) is 5.32 Å². The second kappa shape index (κ2) is 26.9. The molecule has 0 aliphatic carbocycles. The first-order valence-corrected chi connectivity index (χ1v) is 13.7. The number of unbranched alkanes of at least 4 members (excludes halogenated alkanes) is 1. The van der Waals surface area contributed by atoms with Crippen LogP contribution in [0.1, 0.15) is 66.2 Å². The summed E-state index contributed by atoms with van der Waals surface area (Å²) in [5.74, 6) is 1.09. The molecule has 0 radical (unpaired) electrons. The van der Waals surface area contributed by atoms with Crippen molar-refractivity contribution < 1.29 is 38.0 Å². The Bertz CT molecular complexity index is 502. The molecule has 1 amide bonds. The Morgan fingerprint density at radius 1 is 0.556 bits per heavy atom. The van der Waals surface area contributed by atoms with Gasteiger partial charge in [-0.15, -0.1) is 0 Å². The maximum atomic E-state index is 11.6. The van der Waals surface area contributed by atoms with Crippen LogP contribution < -0.4 is 5.32 Å². The van der Waals surface area contributed by atoms with Gasteiger partial charge in [-0.2, -0.15) is 0 Å². The zero-order valence-corrected chi connectivity index (χ0v) is 23.4. The van der Waals surface area contributed by atoms with Crippen molar-refractivity contribution in [2.75, 3.05) is 85.8 Å². The van der Waals surface area contributed by atoms with E-state index in [1.165, 1.54) is 0 Å². The van der Waals surface area contributed by atoms with Crippen molar-refractivity contribution in [3.05, 3.63) is 0 Å². The third-order valence-corrected chi connectivity index (χ3v) is 5.20. The minimum Gasteiger partial charge on any atom is -0.379 e. The van der Waals surface area contributed by atoms with Crippen LogP contribution in [0.2, 0.25) is 0 Å². The molecule has 36 heavy (non-hydrogen) atoms. The molecule has 0 bridgehead atoms. The number of ketones is 1. The minimum absolute atomic E-state index is 0.103. The summed E-state index contributed by atoms with van der Waals surface area (Å²) in [5.41, 5.74) is 0. The smallest absolute Gasteiger partial charge is 0.220 e. The first kappa shape index (κ1) is 34.9. The molecule has 0 heterocycles. The predicted molar refractivity (Wildman–Crippen MR) is 140 cm³/mol. The molecule has 214 valence electrons. The minimum atomic E-state index is 0.103. The van der Waals surface area contributed by atoms with Gasteiger partial charge in [0, 0.05) is 38.5 Å². The zero-order valence-electron chi connectivity index (χ0n) is 23.4. The fraction of sp³-hybridized carbons (Fsp3) is 0.926. The SMILES string of the molecule is CC(C)CCC(=O)NCCCCOCCOCCOCCOCCOCCOCCCC(=O)C(C)C. The van der Waals surface area contributed by atoms with E-state index in [2.05, 4.69) is 19.2 Å². The third-order valence-electron chi connectivity index (χ3n) is 5.20. The van der Waals surface area contributed by atoms with Crippen LogP contribution in [-0.2, 0) is 38.0 Å². The number of carbonyl (C=O) groups is 2. The van der Waals surface area contributed by atoms with Crippen LogP contribution >= 0.6 is 0 Å². The van der Waals surface area contributed by atoms with Gasteiger partial charge in [0.1, 0.15) is 5.78 Å². The van der Waals surface area contributed by atoms with E-state index in [9.17, 15) is 9.59 Å². The van der Waals surface area contributed by atoms with Crippen LogP contribution in [0.5, 0.6) is 0 Å². The number of nitrogens with one attached hydrogen (secondary N) is 1. The largest absolute Gasteiger partial charge is 0.379 e. The third kappa shape index (κ3) is 27.5. The molecule has 0 saturated heterocycles. The van der Waals surface area contributed by atoms with Gasteiger partial charge in [0.2, 0.25) is 5.91 Å². The number of hydrogen-bond acceptors (Lipinski definition) is 8. The van der Waals surface area contributed by atoms with Gasteiger partial charge >= 0.3 is 0 Å². The highest BCUT2D eigenvalue weighted by atomic mass is 16.6. The summed E-state index contributed by atoms with van der Waals surface area (Å²) in [6.07, 6.45) is 4.74. The van der Waals surface area contributed by atoms with E-state index < -0.39 is 0 Å². The molecule has 0 unspecified atom stereocenters. The van der Waals surface area contributed by atoms with Gasteiger partial charge in [-0.1, -0.05) is 27.7 Å². The van der Waals surface area contributed by atoms with Gasteiger partial charge in [0.05, 0.1) is 66.1 Å². The average Bonchev–Trinajstić information content (AvgIpc) is 2.85. The Morgan fingerprint density at radius 3 is 1.39 bits per heavy atom. The molecule has 0 aliphatic rings. The van der Waals surface area contributed by atoms with Crippen molar-refractivity contribution in [2.45, 2.75) is 66.2 Å². The fourth-order valence-electron chi connectivity index (χ4n) is 2.90. The van der Waals surface area contributed by atoms with E-state index in [1.54, 1.807) is 0 Å². The molecule has 0 spiro atoms. The zero-order chi connectivity index (χ0) is 26.7. The lowest BCUT2D eigenvalue weighted by Gasteiger charge is -2.09. The van der Waals surface area contributed by atoms with E-state index in [-0.39, 0.29) is 17.6 Å². The highest BCUT2D eigenvalue weighted by molar-refractivity contribution is 5.80. The quantitative estimate of drug-likeness (QED) is 0.157. The monoisotopic (exact) mass is 519 g/mol. The second-order valence-corrected chi connectivity index (χ2v) is 9.39. The van der Waals surface area contributed by atoms with Crippen LogP contribution in [0.25, 0.3) is 0 Å². The number of amides is 1. The fourth-order valence-corrected chi connectivity index (χ4v) is 2.90. The number of carbonyl (C=O) groups excluding carboxylic acids is 2. The number of Topliss-reactive ketones (excluding diaryl/α,β-unsaturated/α-hetero) is 1. The summed E-state index contributed by atoms with van der Waals surface area (Å²) < 4.78 is 32.8. The summed E-state index contributed by atoms with van der Waals surface area (Å²) in [6.45, 7) is 15.4. The Balaban J connectivity index is 3.12. The van der Waals surface area contributed by atoms with Gasteiger partial charge in [0.25, 0.3) is 0 Å². The van der Waals surface area contributed by atoms with E-state index in [4.69, 9.17) is 28.4 Å². The highest BCUT2D eigenvalue weighted by Gasteiger charge is 2.06. The molecule has 0 aromatic rings. The van der Waals surface area contributed by atoms with Crippen molar-refractivity contribution in [1.29, 1.82) is 0 Å². The Kier molecular flexibility index (Phi) is 26.1. The van der Waals surface area contributed by atoms with Crippen molar-refractivity contribution in [3.8, 4) is 0 Å². The summed E-state index contributed by atoms with van der Waals surface area (Å²) >= 11 is 0. The van der Waals surface area contributed by atoms with E-state index in [0.29, 0.717) is 105 Å². The van der Waals surface area contributed by atoms with E-state index in [1.807, 2.05) is 13.8 Å². The molecule has 0 aromatic carbocycles. The molecule has 9 nitrogen and oxygen atoms in total. The summed E-state index contributed by atoms with van der Waals surface area (Å²) in [5, 5.41) is 2.94. The van der Waals surface area contributed by atoms with Crippen LogP contribution in [0.4, 0.5) is 0 Å². The van der Waals surface area contributed by atoms with Crippen molar-refractivity contribution in [2.24, 2.45) is 11.8 Å². The van der Waals surface area contributed by atoms with Gasteiger partial charge in [0.15, 0.2) is 0 Å². The normalized spacial score (nSPS) is 11.5. The van der Waals surface area contributed by atoms with Gasteiger partial charge in [-0.3, -0.25) is 9.59 Å². The highest BCUT2D eigenvalue weighted by Crippen LogP contribution is 2.03. The maximum Gasteiger partial charge on any atom is 0.220 e. The van der Waals surface area contributed by atoms with E-state index >= 15 is 0 Å². The Morgan fingerprint density at radius 2 is 0.972 bits per heavy atom. The number of ether oxygens (including phenoxy) is 6. The Hall–Kier alpha value is -1.10. The summed E-state index contributed by atoms with van der Waals surface area (Å²) in [7, 11) is 0. The van der Waals surface area contributed by atoms with Gasteiger partial charge in [-0.05, 0) is 31.6 Å². The molecule has 0 atom stereocenters. The molecule has 1 N–H and O–H groups in total. The summed E-state index contributed by atoms with van der Waals surface area (Å²) in [6, 6.07) is 0. The molecule has 0 aromatic heterocycles. The number of hydrogen-bond donors (Lipinski definition) is 1. The topological polar surface area (TPSA) is 102 Å². The van der Waals surface area contributed by atoms with Crippen LogP contribution in [0.3, 0.4) is 0 Å². The molecule has 0 saturated carbocycles.